The fraction of sp³-hybridized carbons (Fsp3) is 0.273. The van der Waals surface area contributed by atoms with Crippen molar-refractivity contribution >= 4 is 12.1 Å². The molecule has 0 N–H and O–H groups in total. The molecule has 0 aromatic heterocycles. The number of rotatable bonds is 4. The summed E-state index contributed by atoms with van der Waals surface area (Å²) in [4.78, 5) is 21.9. The third kappa shape index (κ3) is 2.62. The number of benzene rings is 1. The molecule has 86 valence electrons. The molecule has 5 heteroatoms. The molecule has 0 bridgehead atoms. The Labute approximate surface area is 91.0 Å². The van der Waals surface area contributed by atoms with Crippen molar-refractivity contribution < 1.29 is 23.1 Å². The molecule has 3 nitrogen and oxygen atoms in total. The molecule has 1 aromatic carbocycles. The van der Waals surface area contributed by atoms with Gasteiger partial charge in [-0.3, -0.25) is 9.59 Å². The summed E-state index contributed by atoms with van der Waals surface area (Å²) in [5, 5.41) is 0. The van der Waals surface area contributed by atoms with Gasteiger partial charge in [-0.05, 0) is 31.5 Å². The van der Waals surface area contributed by atoms with Gasteiger partial charge >= 0.3 is 6.61 Å². The average molecular weight is 228 g/mol. The van der Waals surface area contributed by atoms with E-state index in [2.05, 4.69) is 4.74 Å². The van der Waals surface area contributed by atoms with Crippen LogP contribution in [-0.2, 0) is 0 Å². The predicted molar refractivity (Wildman–Crippen MR) is 53.2 cm³/mol. The quantitative estimate of drug-likeness (QED) is 0.587. The number of ketones is 1. The van der Waals surface area contributed by atoms with Crippen LogP contribution >= 0.6 is 0 Å². The van der Waals surface area contributed by atoms with Crippen LogP contribution in [0.2, 0.25) is 0 Å². The lowest BCUT2D eigenvalue weighted by Crippen LogP contribution is -2.09. The van der Waals surface area contributed by atoms with Gasteiger partial charge in [0.2, 0.25) is 0 Å². The highest BCUT2D eigenvalue weighted by Gasteiger charge is 2.17. The first-order valence-electron chi connectivity index (χ1n) is 4.51. The number of halogens is 2. The van der Waals surface area contributed by atoms with Gasteiger partial charge < -0.3 is 4.74 Å². The maximum Gasteiger partial charge on any atom is 0.387 e. The largest absolute Gasteiger partial charge is 0.433 e. The lowest BCUT2D eigenvalue weighted by molar-refractivity contribution is -0.0503. The van der Waals surface area contributed by atoms with Crippen molar-refractivity contribution in [2.45, 2.75) is 20.5 Å². The topological polar surface area (TPSA) is 43.4 Å². The molecular formula is C11H10F2O3. The second-order valence-corrected chi connectivity index (χ2v) is 3.28. The Bertz CT molecular complexity index is 427. The standard InChI is InChI=1S/C11H10F2O3/c1-6-3-8(5-14)10(16-11(12)13)9(4-6)7(2)15/h3-5,11H,1-2H3. The number of aryl methyl sites for hydroxylation is 1. The molecular weight excluding hydrogens is 218 g/mol. The van der Waals surface area contributed by atoms with E-state index in [0.717, 1.165) is 0 Å². The van der Waals surface area contributed by atoms with Crippen LogP contribution in [-0.4, -0.2) is 18.7 Å². The molecule has 0 aliphatic heterocycles. The maximum absolute atomic E-state index is 12.1. The molecule has 0 saturated heterocycles. The minimum atomic E-state index is -3.07. The Balaban J connectivity index is 3.38. The summed E-state index contributed by atoms with van der Waals surface area (Å²) in [7, 11) is 0. The van der Waals surface area contributed by atoms with Crippen LogP contribution in [0.25, 0.3) is 0 Å². The zero-order valence-electron chi connectivity index (χ0n) is 8.79. The molecule has 1 aromatic rings. The first-order valence-corrected chi connectivity index (χ1v) is 4.51. The van der Waals surface area contributed by atoms with Gasteiger partial charge in [-0.15, -0.1) is 0 Å². The highest BCUT2D eigenvalue weighted by Crippen LogP contribution is 2.26. The number of carbonyl (C=O) groups is 2. The number of carbonyl (C=O) groups excluding carboxylic acids is 2. The minimum absolute atomic E-state index is 0.0117. The summed E-state index contributed by atoms with van der Waals surface area (Å²) in [6.45, 7) is -0.188. The van der Waals surface area contributed by atoms with E-state index in [1.54, 1.807) is 6.92 Å². The van der Waals surface area contributed by atoms with Gasteiger partial charge in [-0.2, -0.15) is 8.78 Å². The number of alkyl halides is 2. The summed E-state index contributed by atoms with van der Waals surface area (Å²) >= 11 is 0. The SMILES string of the molecule is CC(=O)c1cc(C)cc(C=O)c1OC(F)F. The second kappa shape index (κ2) is 4.83. The van der Waals surface area contributed by atoms with Crippen LogP contribution < -0.4 is 4.74 Å². The summed E-state index contributed by atoms with van der Waals surface area (Å²) in [6.07, 6.45) is 0.386. The van der Waals surface area contributed by atoms with Crippen molar-refractivity contribution in [2.24, 2.45) is 0 Å². The highest BCUT2D eigenvalue weighted by atomic mass is 19.3. The van der Waals surface area contributed by atoms with Gasteiger partial charge in [0.15, 0.2) is 12.1 Å². The van der Waals surface area contributed by atoms with Gasteiger partial charge in [-0.1, -0.05) is 0 Å². The fourth-order valence-electron chi connectivity index (χ4n) is 1.37. The molecule has 0 spiro atoms. The lowest BCUT2D eigenvalue weighted by Gasteiger charge is -2.11. The van der Waals surface area contributed by atoms with Gasteiger partial charge in [0.1, 0.15) is 5.75 Å². The average Bonchev–Trinajstić information content (AvgIpc) is 2.19. The van der Waals surface area contributed by atoms with Crippen molar-refractivity contribution in [1.82, 2.24) is 0 Å². The van der Waals surface area contributed by atoms with E-state index in [4.69, 9.17) is 0 Å². The molecule has 0 aliphatic carbocycles. The minimum Gasteiger partial charge on any atom is -0.433 e. The fourth-order valence-corrected chi connectivity index (χ4v) is 1.37. The summed E-state index contributed by atoms with van der Waals surface area (Å²) in [5.74, 6) is -0.787. The molecule has 0 fully saturated rings. The lowest BCUT2D eigenvalue weighted by atomic mass is 10.0. The predicted octanol–water partition coefficient (Wildman–Crippen LogP) is 2.61. The van der Waals surface area contributed by atoms with E-state index in [0.29, 0.717) is 11.8 Å². The van der Waals surface area contributed by atoms with E-state index in [1.165, 1.54) is 19.1 Å². The summed E-state index contributed by atoms with van der Waals surface area (Å²) < 4.78 is 28.5. The van der Waals surface area contributed by atoms with Crippen LogP contribution in [0.15, 0.2) is 12.1 Å². The Morgan fingerprint density at radius 2 is 2.06 bits per heavy atom. The monoisotopic (exact) mass is 228 g/mol. The molecule has 0 aliphatic rings. The summed E-state index contributed by atoms with van der Waals surface area (Å²) in [6, 6.07) is 2.80. The Hall–Kier alpha value is -1.78. The zero-order chi connectivity index (χ0) is 12.3. The third-order valence-corrected chi connectivity index (χ3v) is 1.98. The molecule has 1 rings (SSSR count). The van der Waals surface area contributed by atoms with Gasteiger partial charge in [0.05, 0.1) is 11.1 Å². The van der Waals surface area contributed by atoms with Crippen LogP contribution in [0.4, 0.5) is 8.78 Å². The third-order valence-electron chi connectivity index (χ3n) is 1.98. The van der Waals surface area contributed by atoms with Crippen molar-refractivity contribution in [2.75, 3.05) is 0 Å². The van der Waals surface area contributed by atoms with Gasteiger partial charge in [0, 0.05) is 0 Å². The number of Topliss-reactive ketones (excluding diaryl/α,β-unsaturated/α-hetero) is 1. The van der Waals surface area contributed by atoms with E-state index in [1.807, 2.05) is 0 Å². The van der Waals surface area contributed by atoms with Crippen LogP contribution in [0.3, 0.4) is 0 Å². The number of hydrogen-bond donors (Lipinski definition) is 0. The number of ether oxygens (including phenoxy) is 1. The Morgan fingerprint density at radius 1 is 1.44 bits per heavy atom. The van der Waals surface area contributed by atoms with E-state index in [9.17, 15) is 18.4 Å². The zero-order valence-corrected chi connectivity index (χ0v) is 8.79. The molecule has 16 heavy (non-hydrogen) atoms. The highest BCUT2D eigenvalue weighted by molar-refractivity contribution is 6.00. The van der Waals surface area contributed by atoms with Crippen molar-refractivity contribution in [1.29, 1.82) is 0 Å². The van der Waals surface area contributed by atoms with E-state index >= 15 is 0 Å². The van der Waals surface area contributed by atoms with E-state index in [-0.39, 0.29) is 16.9 Å². The van der Waals surface area contributed by atoms with Crippen molar-refractivity contribution in [3.8, 4) is 5.75 Å². The first-order chi connectivity index (χ1) is 7.45. The summed E-state index contributed by atoms with van der Waals surface area (Å²) in [5.41, 5.74) is 0.571. The maximum atomic E-state index is 12.1. The Morgan fingerprint density at radius 3 is 2.50 bits per heavy atom. The Kier molecular flexibility index (Phi) is 3.71. The number of aldehydes is 1. The molecule has 0 radical (unpaired) electrons. The van der Waals surface area contributed by atoms with Gasteiger partial charge in [0.25, 0.3) is 0 Å². The van der Waals surface area contributed by atoms with Crippen LogP contribution in [0.1, 0.15) is 33.2 Å². The number of hydrogen-bond acceptors (Lipinski definition) is 3. The molecule has 0 atom stereocenters. The normalized spacial score (nSPS) is 10.3. The molecule has 0 amide bonds. The second-order valence-electron chi connectivity index (χ2n) is 3.28. The van der Waals surface area contributed by atoms with Gasteiger partial charge in [-0.25, -0.2) is 0 Å². The molecule has 0 heterocycles. The first kappa shape index (κ1) is 12.3. The van der Waals surface area contributed by atoms with Crippen LogP contribution in [0.5, 0.6) is 5.75 Å². The van der Waals surface area contributed by atoms with Crippen molar-refractivity contribution in [3.63, 3.8) is 0 Å². The smallest absolute Gasteiger partial charge is 0.387 e. The van der Waals surface area contributed by atoms with Crippen molar-refractivity contribution in [3.05, 3.63) is 28.8 Å². The molecule has 0 unspecified atom stereocenters. The van der Waals surface area contributed by atoms with E-state index < -0.39 is 12.4 Å². The molecule has 0 saturated carbocycles. The van der Waals surface area contributed by atoms with Crippen LogP contribution in [0, 0.1) is 6.92 Å².